The lowest BCUT2D eigenvalue weighted by molar-refractivity contribution is -0.153. The summed E-state index contributed by atoms with van der Waals surface area (Å²) in [6, 6.07) is 7.76. The summed E-state index contributed by atoms with van der Waals surface area (Å²) in [5.74, 6) is -1.29. The van der Waals surface area contributed by atoms with Crippen LogP contribution in [0.1, 0.15) is 41.0 Å². The topological polar surface area (TPSA) is 90.4 Å². The van der Waals surface area contributed by atoms with E-state index in [0.29, 0.717) is 13.0 Å². The van der Waals surface area contributed by atoms with Crippen LogP contribution < -0.4 is 4.90 Å². The molecule has 0 spiro atoms. The molecular weight excluding hydrogens is 398 g/mol. The van der Waals surface area contributed by atoms with Gasteiger partial charge >= 0.3 is 12.1 Å². The van der Waals surface area contributed by atoms with Crippen LogP contribution in [0.4, 0.5) is 10.5 Å². The number of ether oxygens (including phenoxy) is 1. The standard InChI is InChI=1S/C23H35N3O5/c1-16(2)14-18(24(6)22(30)31-23(3,4)5)20(27)26-13-12-25(15-19(26)21(28)29)17-10-8-7-9-11-17/h7-11,16,18-19H,12-15H2,1-6H3,(H,28,29)/t18-,19+/m0/s1. The Hall–Kier alpha value is -2.77. The Morgan fingerprint density at radius 2 is 1.77 bits per heavy atom. The van der Waals surface area contributed by atoms with Gasteiger partial charge in [-0.1, -0.05) is 32.0 Å². The van der Waals surface area contributed by atoms with Crippen LogP contribution in [0.3, 0.4) is 0 Å². The molecule has 1 aromatic rings. The van der Waals surface area contributed by atoms with E-state index >= 15 is 0 Å². The number of nitrogens with zero attached hydrogens (tertiary/aromatic N) is 3. The van der Waals surface area contributed by atoms with Crippen LogP contribution in [-0.4, -0.2) is 77.2 Å². The van der Waals surface area contributed by atoms with Crippen molar-refractivity contribution in [3.8, 4) is 0 Å². The van der Waals surface area contributed by atoms with Crippen molar-refractivity contribution in [1.29, 1.82) is 0 Å². The summed E-state index contributed by atoms with van der Waals surface area (Å²) in [5, 5.41) is 9.86. The highest BCUT2D eigenvalue weighted by Crippen LogP contribution is 2.23. The Balaban J connectivity index is 2.24. The van der Waals surface area contributed by atoms with Crippen molar-refractivity contribution in [2.45, 2.75) is 58.7 Å². The van der Waals surface area contributed by atoms with E-state index in [9.17, 15) is 19.5 Å². The Kier molecular flexibility index (Phi) is 7.92. The number of benzene rings is 1. The number of anilines is 1. The minimum Gasteiger partial charge on any atom is -0.480 e. The number of rotatable bonds is 6. The van der Waals surface area contributed by atoms with Gasteiger partial charge in [0.05, 0.1) is 0 Å². The van der Waals surface area contributed by atoms with Crippen molar-refractivity contribution < 1.29 is 24.2 Å². The highest BCUT2D eigenvalue weighted by atomic mass is 16.6. The molecular formula is C23H35N3O5. The Morgan fingerprint density at radius 3 is 2.29 bits per heavy atom. The van der Waals surface area contributed by atoms with Gasteiger partial charge in [0, 0.05) is 32.4 Å². The molecule has 1 aliphatic rings. The van der Waals surface area contributed by atoms with Gasteiger partial charge in [0.1, 0.15) is 17.7 Å². The van der Waals surface area contributed by atoms with Gasteiger partial charge < -0.3 is 19.6 Å². The molecule has 2 rings (SSSR count). The van der Waals surface area contributed by atoms with Crippen molar-refractivity contribution >= 4 is 23.7 Å². The number of likely N-dealkylation sites (N-methyl/N-ethyl adjacent to an activating group) is 1. The molecule has 8 nitrogen and oxygen atoms in total. The lowest BCUT2D eigenvalue weighted by Gasteiger charge is -2.43. The monoisotopic (exact) mass is 433 g/mol. The average molecular weight is 434 g/mol. The third-order valence-corrected chi connectivity index (χ3v) is 5.20. The largest absolute Gasteiger partial charge is 0.480 e. The molecule has 1 heterocycles. The maximum atomic E-state index is 13.5. The fraction of sp³-hybridized carbons (Fsp3) is 0.609. The zero-order valence-corrected chi connectivity index (χ0v) is 19.4. The lowest BCUT2D eigenvalue weighted by atomic mass is 10.00. The van der Waals surface area contributed by atoms with E-state index in [2.05, 4.69) is 0 Å². The molecule has 0 radical (unpaired) electrons. The first kappa shape index (κ1) is 24.5. The summed E-state index contributed by atoms with van der Waals surface area (Å²) in [6.07, 6.45) is -0.180. The molecule has 0 saturated carbocycles. The van der Waals surface area contributed by atoms with Crippen LogP contribution in [0.25, 0.3) is 0 Å². The Morgan fingerprint density at radius 1 is 1.16 bits per heavy atom. The summed E-state index contributed by atoms with van der Waals surface area (Å²) in [5.41, 5.74) is 0.229. The number of hydrogen-bond acceptors (Lipinski definition) is 5. The molecule has 1 N–H and O–H groups in total. The molecule has 1 saturated heterocycles. The maximum Gasteiger partial charge on any atom is 0.410 e. The van der Waals surface area contributed by atoms with Crippen molar-refractivity contribution in [3.05, 3.63) is 30.3 Å². The third kappa shape index (κ3) is 6.60. The van der Waals surface area contributed by atoms with E-state index in [1.54, 1.807) is 20.8 Å². The third-order valence-electron chi connectivity index (χ3n) is 5.20. The molecule has 8 heteroatoms. The summed E-state index contributed by atoms with van der Waals surface area (Å²) in [6.45, 7) is 10.2. The predicted octanol–water partition coefficient (Wildman–Crippen LogP) is 3.07. The van der Waals surface area contributed by atoms with Gasteiger partial charge in [-0.2, -0.15) is 0 Å². The number of carbonyl (C=O) groups excluding carboxylic acids is 2. The number of carboxylic acid groups (broad SMARTS) is 1. The molecule has 0 unspecified atom stereocenters. The fourth-order valence-corrected chi connectivity index (χ4v) is 3.66. The fourth-order valence-electron chi connectivity index (χ4n) is 3.66. The Bertz CT molecular complexity index is 775. The first-order valence-corrected chi connectivity index (χ1v) is 10.7. The summed E-state index contributed by atoms with van der Waals surface area (Å²) < 4.78 is 5.44. The number of para-hydroxylation sites is 1. The van der Waals surface area contributed by atoms with Crippen molar-refractivity contribution in [1.82, 2.24) is 9.80 Å². The van der Waals surface area contributed by atoms with Crippen LogP contribution >= 0.6 is 0 Å². The molecule has 172 valence electrons. The second kappa shape index (κ2) is 10.0. The number of carboxylic acids is 1. The van der Waals surface area contributed by atoms with E-state index in [1.807, 2.05) is 49.1 Å². The lowest BCUT2D eigenvalue weighted by Crippen LogP contribution is -2.62. The van der Waals surface area contributed by atoms with Gasteiger partial charge in [-0.25, -0.2) is 9.59 Å². The minimum absolute atomic E-state index is 0.132. The van der Waals surface area contributed by atoms with Crippen LogP contribution in [0.2, 0.25) is 0 Å². The normalized spacial score (nSPS) is 18.0. The number of hydrogen-bond donors (Lipinski definition) is 1. The van der Waals surface area contributed by atoms with E-state index in [-0.39, 0.29) is 24.9 Å². The van der Waals surface area contributed by atoms with Gasteiger partial charge in [0.2, 0.25) is 5.91 Å². The molecule has 0 aromatic heterocycles. The number of carbonyl (C=O) groups is 3. The van der Waals surface area contributed by atoms with Crippen LogP contribution in [-0.2, 0) is 14.3 Å². The van der Waals surface area contributed by atoms with Gasteiger partial charge in [0.15, 0.2) is 0 Å². The minimum atomic E-state index is -1.06. The predicted molar refractivity (Wildman–Crippen MR) is 119 cm³/mol. The summed E-state index contributed by atoms with van der Waals surface area (Å²) in [4.78, 5) is 42.9. The average Bonchev–Trinajstić information content (AvgIpc) is 2.69. The highest BCUT2D eigenvalue weighted by Gasteiger charge is 2.41. The number of aliphatic carboxylic acids is 1. The zero-order valence-electron chi connectivity index (χ0n) is 19.4. The second-order valence-corrected chi connectivity index (χ2v) is 9.40. The van der Waals surface area contributed by atoms with Crippen molar-refractivity contribution in [2.75, 3.05) is 31.6 Å². The van der Waals surface area contributed by atoms with Crippen LogP contribution in [0.15, 0.2) is 30.3 Å². The van der Waals surface area contributed by atoms with Gasteiger partial charge in [-0.05, 0) is 45.2 Å². The molecule has 1 aromatic carbocycles. The zero-order chi connectivity index (χ0) is 23.3. The number of amides is 2. The smallest absolute Gasteiger partial charge is 0.410 e. The van der Waals surface area contributed by atoms with Gasteiger partial charge in [-0.3, -0.25) is 9.69 Å². The van der Waals surface area contributed by atoms with Crippen LogP contribution in [0, 0.1) is 5.92 Å². The molecule has 31 heavy (non-hydrogen) atoms. The molecule has 1 aliphatic heterocycles. The quantitative estimate of drug-likeness (QED) is 0.742. The van der Waals surface area contributed by atoms with E-state index in [0.717, 1.165) is 5.69 Å². The molecule has 0 aliphatic carbocycles. The van der Waals surface area contributed by atoms with E-state index in [1.165, 1.54) is 16.8 Å². The summed E-state index contributed by atoms with van der Waals surface area (Å²) >= 11 is 0. The maximum absolute atomic E-state index is 13.5. The molecule has 2 atom stereocenters. The first-order chi connectivity index (χ1) is 14.4. The van der Waals surface area contributed by atoms with E-state index < -0.39 is 29.7 Å². The number of piperazine rings is 1. The second-order valence-electron chi connectivity index (χ2n) is 9.40. The SMILES string of the molecule is CC(C)C[C@@H](C(=O)N1CCN(c2ccccc2)C[C@@H]1C(=O)O)N(C)C(=O)OC(C)(C)C. The Labute approximate surface area is 184 Å². The van der Waals surface area contributed by atoms with E-state index in [4.69, 9.17) is 4.74 Å². The molecule has 1 fully saturated rings. The highest BCUT2D eigenvalue weighted by molar-refractivity contribution is 5.90. The van der Waals surface area contributed by atoms with Gasteiger partial charge in [0.25, 0.3) is 0 Å². The van der Waals surface area contributed by atoms with Crippen molar-refractivity contribution in [3.63, 3.8) is 0 Å². The summed E-state index contributed by atoms with van der Waals surface area (Å²) in [7, 11) is 1.54. The van der Waals surface area contributed by atoms with Gasteiger partial charge in [-0.15, -0.1) is 0 Å². The van der Waals surface area contributed by atoms with Crippen molar-refractivity contribution in [2.24, 2.45) is 5.92 Å². The molecule has 2 amide bonds. The van der Waals surface area contributed by atoms with Crippen LogP contribution in [0.5, 0.6) is 0 Å². The molecule has 0 bridgehead atoms. The first-order valence-electron chi connectivity index (χ1n) is 10.7.